The third kappa shape index (κ3) is 1.27. The van der Waals surface area contributed by atoms with Gasteiger partial charge < -0.3 is 5.11 Å². The standard InChI is InChI=1S/C15H26O/c1-9-5-6-10-12(9)13-11(14(13,2)3)7-8-15(10,4)16/h9-13,16H,5-8H2,1-4H3/t9-,10-,11-,12-,13-,15-/m0/s1. The first-order valence-electron chi connectivity index (χ1n) is 7.08. The Hall–Kier alpha value is -0.0400. The van der Waals surface area contributed by atoms with Gasteiger partial charge in [0.1, 0.15) is 0 Å². The molecule has 1 nitrogen and oxygen atoms in total. The fourth-order valence-corrected chi connectivity index (χ4v) is 5.29. The summed E-state index contributed by atoms with van der Waals surface area (Å²) in [6.07, 6.45) is 4.89. The molecule has 6 atom stereocenters. The molecular weight excluding hydrogens is 196 g/mol. The van der Waals surface area contributed by atoms with Crippen LogP contribution in [0.25, 0.3) is 0 Å². The molecule has 0 aromatic rings. The lowest BCUT2D eigenvalue weighted by molar-refractivity contribution is -0.0302. The molecule has 0 aromatic carbocycles. The number of hydrogen-bond donors (Lipinski definition) is 1. The molecule has 3 aliphatic carbocycles. The first kappa shape index (κ1) is 11.1. The minimum Gasteiger partial charge on any atom is -0.390 e. The zero-order valence-corrected chi connectivity index (χ0v) is 11.2. The maximum atomic E-state index is 10.7. The van der Waals surface area contributed by atoms with Crippen molar-refractivity contribution in [1.29, 1.82) is 0 Å². The Morgan fingerprint density at radius 1 is 1.00 bits per heavy atom. The molecular formula is C15H26O. The number of hydrogen-bond acceptors (Lipinski definition) is 1. The molecule has 0 amide bonds. The van der Waals surface area contributed by atoms with Gasteiger partial charge >= 0.3 is 0 Å². The summed E-state index contributed by atoms with van der Waals surface area (Å²) < 4.78 is 0. The molecule has 0 bridgehead atoms. The summed E-state index contributed by atoms with van der Waals surface area (Å²) in [7, 11) is 0. The van der Waals surface area contributed by atoms with Gasteiger partial charge in [-0.25, -0.2) is 0 Å². The third-order valence-corrected chi connectivity index (χ3v) is 6.37. The molecule has 3 saturated carbocycles. The highest BCUT2D eigenvalue weighted by Gasteiger charge is 2.66. The molecule has 0 spiro atoms. The lowest BCUT2D eigenvalue weighted by Crippen LogP contribution is -2.38. The van der Waals surface area contributed by atoms with E-state index in [9.17, 15) is 5.11 Å². The average Bonchev–Trinajstić information content (AvgIpc) is 2.51. The van der Waals surface area contributed by atoms with Crippen molar-refractivity contribution < 1.29 is 5.11 Å². The SMILES string of the molecule is C[C@H]1CC[C@H]2[C@H]1[C@@H]1[C@H](CC[C@]2(C)O)C1(C)C. The molecule has 0 aromatic heterocycles. The minimum absolute atomic E-state index is 0.376. The van der Waals surface area contributed by atoms with Crippen LogP contribution in [-0.2, 0) is 0 Å². The van der Waals surface area contributed by atoms with Crippen LogP contribution in [0.1, 0.15) is 53.4 Å². The molecule has 16 heavy (non-hydrogen) atoms. The molecule has 1 heteroatoms. The van der Waals surface area contributed by atoms with Crippen LogP contribution >= 0.6 is 0 Å². The average molecular weight is 222 g/mol. The van der Waals surface area contributed by atoms with Crippen molar-refractivity contribution in [2.45, 2.75) is 59.0 Å². The highest BCUT2D eigenvalue weighted by Crippen LogP contribution is 2.71. The van der Waals surface area contributed by atoms with Crippen LogP contribution in [0.4, 0.5) is 0 Å². The van der Waals surface area contributed by atoms with Crippen molar-refractivity contribution >= 4 is 0 Å². The second kappa shape index (κ2) is 3.04. The number of fused-ring (bicyclic) bond motifs is 3. The zero-order valence-electron chi connectivity index (χ0n) is 11.2. The van der Waals surface area contributed by atoms with Crippen LogP contribution in [0.15, 0.2) is 0 Å². The maximum absolute atomic E-state index is 10.7. The van der Waals surface area contributed by atoms with E-state index >= 15 is 0 Å². The third-order valence-electron chi connectivity index (χ3n) is 6.37. The van der Waals surface area contributed by atoms with Crippen LogP contribution in [0.2, 0.25) is 0 Å². The summed E-state index contributed by atoms with van der Waals surface area (Å²) in [5.74, 6) is 4.03. The predicted molar refractivity (Wildman–Crippen MR) is 66.0 cm³/mol. The molecule has 3 fully saturated rings. The normalized spacial score (nSPS) is 58.7. The van der Waals surface area contributed by atoms with E-state index in [2.05, 4.69) is 27.7 Å². The summed E-state index contributed by atoms with van der Waals surface area (Å²) >= 11 is 0. The molecule has 3 rings (SSSR count). The van der Waals surface area contributed by atoms with Gasteiger partial charge in [0.2, 0.25) is 0 Å². The topological polar surface area (TPSA) is 20.2 Å². The molecule has 0 unspecified atom stereocenters. The number of aliphatic hydroxyl groups is 1. The van der Waals surface area contributed by atoms with E-state index in [4.69, 9.17) is 0 Å². The van der Waals surface area contributed by atoms with E-state index in [1.165, 1.54) is 19.3 Å². The fourth-order valence-electron chi connectivity index (χ4n) is 5.29. The van der Waals surface area contributed by atoms with Gasteiger partial charge in [0, 0.05) is 0 Å². The predicted octanol–water partition coefficient (Wildman–Crippen LogP) is 3.47. The molecule has 0 radical (unpaired) electrons. The molecule has 3 aliphatic rings. The van der Waals surface area contributed by atoms with E-state index in [0.717, 1.165) is 30.1 Å². The van der Waals surface area contributed by atoms with E-state index in [1.54, 1.807) is 0 Å². The van der Waals surface area contributed by atoms with Crippen molar-refractivity contribution in [3.05, 3.63) is 0 Å². The molecule has 0 heterocycles. The van der Waals surface area contributed by atoms with Crippen molar-refractivity contribution in [3.63, 3.8) is 0 Å². The Kier molecular flexibility index (Phi) is 2.11. The van der Waals surface area contributed by atoms with Crippen LogP contribution in [0, 0.1) is 35.0 Å². The Morgan fingerprint density at radius 2 is 1.69 bits per heavy atom. The summed E-state index contributed by atoms with van der Waals surface area (Å²) in [6.45, 7) is 9.41. The highest BCUT2D eigenvalue weighted by atomic mass is 16.3. The summed E-state index contributed by atoms with van der Waals surface area (Å²) in [5, 5.41) is 10.7. The Balaban J connectivity index is 1.94. The van der Waals surface area contributed by atoms with Gasteiger partial charge in [0.15, 0.2) is 0 Å². The summed E-state index contributed by atoms with van der Waals surface area (Å²) in [6, 6.07) is 0. The second-order valence-corrected chi connectivity index (χ2v) is 7.59. The van der Waals surface area contributed by atoms with Crippen LogP contribution < -0.4 is 0 Å². The van der Waals surface area contributed by atoms with E-state index < -0.39 is 0 Å². The molecule has 0 saturated heterocycles. The Morgan fingerprint density at radius 3 is 2.38 bits per heavy atom. The van der Waals surface area contributed by atoms with Crippen LogP contribution in [-0.4, -0.2) is 10.7 Å². The van der Waals surface area contributed by atoms with E-state index in [-0.39, 0.29) is 5.60 Å². The van der Waals surface area contributed by atoms with Gasteiger partial charge in [-0.2, -0.15) is 0 Å². The van der Waals surface area contributed by atoms with Gasteiger partial charge in [-0.05, 0) is 61.2 Å². The lowest BCUT2D eigenvalue weighted by atomic mass is 9.74. The first-order chi connectivity index (χ1) is 7.36. The number of rotatable bonds is 0. The van der Waals surface area contributed by atoms with Gasteiger partial charge in [-0.3, -0.25) is 0 Å². The maximum Gasteiger partial charge on any atom is 0.0650 e. The van der Waals surface area contributed by atoms with E-state index in [1.807, 2.05) is 0 Å². The van der Waals surface area contributed by atoms with Gasteiger partial charge in [-0.1, -0.05) is 27.2 Å². The van der Waals surface area contributed by atoms with Crippen LogP contribution in [0.5, 0.6) is 0 Å². The quantitative estimate of drug-likeness (QED) is 0.665. The van der Waals surface area contributed by atoms with Gasteiger partial charge in [0.05, 0.1) is 5.60 Å². The van der Waals surface area contributed by atoms with Crippen LogP contribution in [0.3, 0.4) is 0 Å². The van der Waals surface area contributed by atoms with Crippen molar-refractivity contribution in [2.75, 3.05) is 0 Å². The Bertz CT molecular complexity index is 305. The lowest BCUT2D eigenvalue weighted by Gasteiger charge is -2.35. The monoisotopic (exact) mass is 222 g/mol. The minimum atomic E-state index is -0.376. The first-order valence-corrected chi connectivity index (χ1v) is 7.08. The second-order valence-electron chi connectivity index (χ2n) is 7.59. The molecule has 1 N–H and O–H groups in total. The largest absolute Gasteiger partial charge is 0.390 e. The zero-order chi connectivity index (χ0) is 11.7. The van der Waals surface area contributed by atoms with Gasteiger partial charge in [0.25, 0.3) is 0 Å². The molecule has 0 aliphatic heterocycles. The smallest absolute Gasteiger partial charge is 0.0650 e. The van der Waals surface area contributed by atoms with Crippen molar-refractivity contribution in [1.82, 2.24) is 0 Å². The Labute approximate surface area is 99.6 Å². The van der Waals surface area contributed by atoms with Gasteiger partial charge in [-0.15, -0.1) is 0 Å². The molecule has 92 valence electrons. The highest BCUT2D eigenvalue weighted by molar-refractivity contribution is 5.14. The summed E-state index contributed by atoms with van der Waals surface area (Å²) in [5.41, 5.74) is 0.191. The van der Waals surface area contributed by atoms with E-state index in [0.29, 0.717) is 11.3 Å². The van der Waals surface area contributed by atoms with Crippen molar-refractivity contribution in [3.8, 4) is 0 Å². The van der Waals surface area contributed by atoms with Crippen molar-refractivity contribution in [2.24, 2.45) is 35.0 Å². The summed E-state index contributed by atoms with van der Waals surface area (Å²) in [4.78, 5) is 0. The fraction of sp³-hybridized carbons (Fsp3) is 1.00.